The summed E-state index contributed by atoms with van der Waals surface area (Å²) < 4.78 is 10.5. The largest absolute Gasteiger partial charge is 0.497 e. The van der Waals surface area contributed by atoms with E-state index in [9.17, 15) is 9.59 Å². The van der Waals surface area contributed by atoms with Crippen molar-refractivity contribution in [1.29, 1.82) is 0 Å². The molecule has 3 rings (SSSR count). The molecule has 6 heteroatoms. The zero-order valence-electron chi connectivity index (χ0n) is 16.3. The third kappa shape index (κ3) is 4.34. The smallest absolute Gasteiger partial charge is 0.248 e. The van der Waals surface area contributed by atoms with Crippen LogP contribution in [0.5, 0.6) is 11.5 Å². The van der Waals surface area contributed by atoms with E-state index in [1.807, 2.05) is 37.3 Å². The van der Waals surface area contributed by atoms with Crippen LogP contribution in [0.4, 0.5) is 11.4 Å². The van der Waals surface area contributed by atoms with Gasteiger partial charge in [-0.15, -0.1) is 0 Å². The highest BCUT2D eigenvalue weighted by Crippen LogP contribution is 2.28. The molecular formula is C22H24N2O4. The standard InChI is InChI=1S/C22H24N2O4/c1-15-13-17(8-10-19(15)24-12-4-5-22(24)26)23-21(25)11-7-16-6-9-18(27-2)14-20(16)28-3/h6-11,13-14H,4-5,12H2,1-3H3,(H,23,25)/b11-7+. The molecule has 1 fully saturated rings. The van der Waals surface area contributed by atoms with Crippen molar-refractivity contribution in [1.82, 2.24) is 0 Å². The van der Waals surface area contributed by atoms with Crippen molar-refractivity contribution < 1.29 is 19.1 Å². The second-order valence-corrected chi connectivity index (χ2v) is 6.58. The molecule has 0 spiro atoms. The Morgan fingerprint density at radius 1 is 1.14 bits per heavy atom. The molecule has 6 nitrogen and oxygen atoms in total. The van der Waals surface area contributed by atoms with Crippen molar-refractivity contribution in [2.24, 2.45) is 0 Å². The number of rotatable bonds is 6. The Morgan fingerprint density at radius 3 is 2.61 bits per heavy atom. The highest BCUT2D eigenvalue weighted by molar-refractivity contribution is 6.02. The Morgan fingerprint density at radius 2 is 1.96 bits per heavy atom. The van der Waals surface area contributed by atoms with E-state index in [-0.39, 0.29) is 11.8 Å². The zero-order valence-corrected chi connectivity index (χ0v) is 16.3. The Labute approximate surface area is 164 Å². The number of ether oxygens (including phenoxy) is 2. The first-order valence-electron chi connectivity index (χ1n) is 9.14. The maximum atomic E-state index is 12.3. The van der Waals surface area contributed by atoms with E-state index >= 15 is 0 Å². The van der Waals surface area contributed by atoms with Gasteiger partial charge < -0.3 is 19.7 Å². The van der Waals surface area contributed by atoms with Crippen LogP contribution in [0.25, 0.3) is 6.08 Å². The minimum absolute atomic E-state index is 0.149. The van der Waals surface area contributed by atoms with Crippen molar-refractivity contribution in [3.63, 3.8) is 0 Å². The van der Waals surface area contributed by atoms with E-state index in [4.69, 9.17) is 9.47 Å². The van der Waals surface area contributed by atoms with E-state index in [0.29, 0.717) is 23.6 Å². The summed E-state index contributed by atoms with van der Waals surface area (Å²) >= 11 is 0. The van der Waals surface area contributed by atoms with Gasteiger partial charge in [0, 0.05) is 42.0 Å². The lowest BCUT2D eigenvalue weighted by Gasteiger charge is -2.19. The molecule has 0 bridgehead atoms. The van der Waals surface area contributed by atoms with Crippen molar-refractivity contribution >= 4 is 29.3 Å². The lowest BCUT2D eigenvalue weighted by Crippen LogP contribution is -2.24. The average Bonchev–Trinajstić information content (AvgIpc) is 3.12. The molecule has 146 valence electrons. The summed E-state index contributed by atoms with van der Waals surface area (Å²) in [6, 6.07) is 11.0. The van der Waals surface area contributed by atoms with Crippen LogP contribution in [0.15, 0.2) is 42.5 Å². The van der Waals surface area contributed by atoms with Crippen LogP contribution in [-0.2, 0) is 9.59 Å². The van der Waals surface area contributed by atoms with Crippen LogP contribution >= 0.6 is 0 Å². The molecule has 2 amide bonds. The van der Waals surface area contributed by atoms with E-state index in [0.717, 1.165) is 29.8 Å². The maximum absolute atomic E-state index is 12.3. The first-order valence-corrected chi connectivity index (χ1v) is 9.14. The molecule has 0 aliphatic carbocycles. The van der Waals surface area contributed by atoms with Gasteiger partial charge in [0.25, 0.3) is 0 Å². The number of hydrogen-bond acceptors (Lipinski definition) is 4. The Balaban J connectivity index is 1.69. The van der Waals surface area contributed by atoms with Crippen molar-refractivity contribution in [3.05, 3.63) is 53.6 Å². The SMILES string of the molecule is COc1ccc(/C=C/C(=O)Nc2ccc(N3CCCC3=O)c(C)c2)c(OC)c1. The minimum atomic E-state index is -0.248. The van der Waals surface area contributed by atoms with Crippen LogP contribution in [0.1, 0.15) is 24.0 Å². The van der Waals surface area contributed by atoms with Gasteiger partial charge in [-0.3, -0.25) is 9.59 Å². The summed E-state index contributed by atoms with van der Waals surface area (Å²) in [6.07, 6.45) is 4.63. The fourth-order valence-electron chi connectivity index (χ4n) is 3.24. The summed E-state index contributed by atoms with van der Waals surface area (Å²) in [5.74, 6) is 1.21. The number of amides is 2. The number of carbonyl (C=O) groups is 2. The van der Waals surface area contributed by atoms with Crippen LogP contribution in [0.2, 0.25) is 0 Å². The fourth-order valence-corrected chi connectivity index (χ4v) is 3.24. The first kappa shape index (κ1) is 19.5. The Kier molecular flexibility index (Phi) is 5.99. The topological polar surface area (TPSA) is 67.9 Å². The number of nitrogens with zero attached hydrogens (tertiary/aromatic N) is 1. The van der Waals surface area contributed by atoms with E-state index in [1.165, 1.54) is 6.08 Å². The van der Waals surface area contributed by atoms with Gasteiger partial charge in [-0.05, 0) is 55.3 Å². The monoisotopic (exact) mass is 380 g/mol. The molecule has 0 unspecified atom stereocenters. The van der Waals surface area contributed by atoms with Gasteiger partial charge in [0.05, 0.1) is 14.2 Å². The van der Waals surface area contributed by atoms with E-state index in [2.05, 4.69) is 5.32 Å². The quantitative estimate of drug-likeness (QED) is 0.774. The van der Waals surface area contributed by atoms with Gasteiger partial charge in [-0.1, -0.05) is 0 Å². The molecule has 1 aliphatic rings. The van der Waals surface area contributed by atoms with Gasteiger partial charge in [0.2, 0.25) is 11.8 Å². The fraction of sp³-hybridized carbons (Fsp3) is 0.273. The lowest BCUT2D eigenvalue weighted by molar-refractivity contribution is -0.117. The van der Waals surface area contributed by atoms with Gasteiger partial charge in [0.1, 0.15) is 11.5 Å². The molecule has 1 saturated heterocycles. The number of nitrogens with one attached hydrogen (secondary N) is 1. The predicted molar refractivity (Wildman–Crippen MR) is 110 cm³/mol. The number of aryl methyl sites for hydroxylation is 1. The second-order valence-electron chi connectivity index (χ2n) is 6.58. The van der Waals surface area contributed by atoms with Crippen LogP contribution in [-0.4, -0.2) is 32.6 Å². The molecule has 0 saturated carbocycles. The number of benzene rings is 2. The second kappa shape index (κ2) is 8.61. The van der Waals surface area contributed by atoms with Crippen molar-refractivity contribution in [2.75, 3.05) is 31.0 Å². The van der Waals surface area contributed by atoms with Crippen LogP contribution in [0.3, 0.4) is 0 Å². The first-order chi connectivity index (χ1) is 13.5. The van der Waals surface area contributed by atoms with Gasteiger partial charge in [0.15, 0.2) is 0 Å². The zero-order chi connectivity index (χ0) is 20.1. The molecule has 2 aromatic carbocycles. The van der Waals surface area contributed by atoms with Crippen LogP contribution < -0.4 is 19.7 Å². The molecular weight excluding hydrogens is 356 g/mol. The molecule has 0 atom stereocenters. The third-order valence-electron chi connectivity index (χ3n) is 4.68. The minimum Gasteiger partial charge on any atom is -0.497 e. The summed E-state index contributed by atoms with van der Waals surface area (Å²) in [7, 11) is 3.16. The van der Waals surface area contributed by atoms with Crippen LogP contribution in [0, 0.1) is 6.92 Å². The summed E-state index contributed by atoms with van der Waals surface area (Å²) in [5, 5.41) is 2.85. The summed E-state index contributed by atoms with van der Waals surface area (Å²) in [6.45, 7) is 2.69. The Bertz CT molecular complexity index is 921. The van der Waals surface area contributed by atoms with Gasteiger partial charge in [-0.25, -0.2) is 0 Å². The van der Waals surface area contributed by atoms with Gasteiger partial charge >= 0.3 is 0 Å². The molecule has 1 heterocycles. The normalized spacial score (nSPS) is 13.8. The van der Waals surface area contributed by atoms with E-state index in [1.54, 1.807) is 31.3 Å². The highest BCUT2D eigenvalue weighted by Gasteiger charge is 2.22. The molecule has 28 heavy (non-hydrogen) atoms. The average molecular weight is 380 g/mol. The third-order valence-corrected chi connectivity index (χ3v) is 4.68. The number of hydrogen-bond donors (Lipinski definition) is 1. The van der Waals surface area contributed by atoms with E-state index < -0.39 is 0 Å². The van der Waals surface area contributed by atoms with Crippen molar-refractivity contribution in [3.8, 4) is 11.5 Å². The number of methoxy groups -OCH3 is 2. The van der Waals surface area contributed by atoms with Crippen molar-refractivity contribution in [2.45, 2.75) is 19.8 Å². The Hall–Kier alpha value is -3.28. The molecule has 0 radical (unpaired) electrons. The number of carbonyl (C=O) groups excluding carboxylic acids is 2. The maximum Gasteiger partial charge on any atom is 0.248 e. The van der Waals surface area contributed by atoms with Gasteiger partial charge in [-0.2, -0.15) is 0 Å². The highest BCUT2D eigenvalue weighted by atomic mass is 16.5. The molecule has 0 aromatic heterocycles. The lowest BCUT2D eigenvalue weighted by atomic mass is 10.1. The molecule has 1 aliphatic heterocycles. The predicted octanol–water partition coefficient (Wildman–Crippen LogP) is 3.79. The molecule has 2 aromatic rings. The number of anilines is 2. The summed E-state index contributed by atoms with van der Waals surface area (Å²) in [5.41, 5.74) is 3.31. The summed E-state index contributed by atoms with van der Waals surface area (Å²) in [4.78, 5) is 26.0. The molecule has 1 N–H and O–H groups in total.